The Bertz CT molecular complexity index is 1290. The third-order valence-corrected chi connectivity index (χ3v) is 8.14. The number of nitrogens with one attached hydrogen (secondary N) is 2. The lowest BCUT2D eigenvalue weighted by Crippen LogP contribution is -2.29. The van der Waals surface area contributed by atoms with E-state index >= 15 is 0 Å². The number of hydrogen-bond donors (Lipinski definition) is 3. The molecule has 37 heavy (non-hydrogen) atoms. The third-order valence-electron chi connectivity index (χ3n) is 8.14. The summed E-state index contributed by atoms with van der Waals surface area (Å²) in [6.45, 7) is 3.24. The van der Waals surface area contributed by atoms with E-state index in [2.05, 4.69) is 23.6 Å². The molecule has 2 amide bonds. The number of carboxylic acid groups (broad SMARTS) is 1. The van der Waals surface area contributed by atoms with Gasteiger partial charge in [0.1, 0.15) is 5.75 Å². The number of benzene rings is 2. The number of nitrogens with zero attached hydrogens (tertiary/aromatic N) is 1. The highest BCUT2D eigenvalue weighted by Gasteiger charge is 2.67. The number of amides is 2. The van der Waals surface area contributed by atoms with Crippen molar-refractivity contribution in [2.75, 3.05) is 18.5 Å². The van der Waals surface area contributed by atoms with E-state index in [1.165, 1.54) is 0 Å². The maximum absolute atomic E-state index is 13.6. The van der Waals surface area contributed by atoms with E-state index in [1.54, 1.807) is 24.3 Å². The zero-order valence-electron chi connectivity index (χ0n) is 20.9. The van der Waals surface area contributed by atoms with Crippen LogP contribution in [0.15, 0.2) is 36.4 Å². The third kappa shape index (κ3) is 4.91. The molecule has 2 aliphatic carbocycles. The van der Waals surface area contributed by atoms with Crippen LogP contribution in [0.5, 0.6) is 5.75 Å². The number of carbonyl (C=O) groups is 3. The molecule has 0 saturated heterocycles. The summed E-state index contributed by atoms with van der Waals surface area (Å²) in [7, 11) is 0. The van der Waals surface area contributed by atoms with Crippen molar-refractivity contribution in [3.63, 3.8) is 0 Å². The number of anilines is 1. The minimum Gasteiger partial charge on any atom is -0.493 e. The number of aliphatic carboxylic acids is 1. The Balaban J connectivity index is 1.36. The molecule has 0 bridgehead atoms. The summed E-state index contributed by atoms with van der Waals surface area (Å²) in [5, 5.41) is 24.4. The number of rotatable bonds is 9. The smallest absolute Gasteiger partial charge is 0.303 e. The molecule has 0 unspecified atom stereocenters. The number of carbonyl (C=O) groups excluding carboxylic acids is 2. The largest absolute Gasteiger partial charge is 0.493 e. The molecule has 3 aliphatic rings. The Morgan fingerprint density at radius 2 is 2.00 bits per heavy atom. The summed E-state index contributed by atoms with van der Waals surface area (Å²) in [5.74, 6) is -0.0734. The molecule has 3 atom stereocenters. The Hall–Kier alpha value is -3.86. The van der Waals surface area contributed by atoms with Gasteiger partial charge in [0.25, 0.3) is 5.91 Å². The first-order valence-electron chi connectivity index (χ1n) is 12.9. The van der Waals surface area contributed by atoms with Crippen LogP contribution >= 0.6 is 0 Å². The number of hydrogen-bond acceptors (Lipinski definition) is 5. The van der Waals surface area contributed by atoms with E-state index in [4.69, 9.17) is 9.84 Å². The normalized spacial score (nSPS) is 23.4. The Kier molecular flexibility index (Phi) is 6.63. The van der Waals surface area contributed by atoms with Crippen molar-refractivity contribution in [3.8, 4) is 11.8 Å². The van der Waals surface area contributed by atoms with Crippen LogP contribution in [-0.2, 0) is 21.4 Å². The minimum atomic E-state index is -0.869. The molecule has 8 heteroatoms. The first-order valence-corrected chi connectivity index (χ1v) is 12.9. The summed E-state index contributed by atoms with van der Waals surface area (Å²) in [5.41, 5.74) is 2.83. The molecule has 2 aromatic carbocycles. The lowest BCUT2D eigenvalue weighted by atomic mass is 9.85. The fourth-order valence-corrected chi connectivity index (χ4v) is 5.79. The van der Waals surface area contributed by atoms with Gasteiger partial charge in [0.2, 0.25) is 5.91 Å². The van der Waals surface area contributed by atoms with E-state index < -0.39 is 11.4 Å². The summed E-state index contributed by atoms with van der Waals surface area (Å²) in [6, 6.07) is 12.7. The van der Waals surface area contributed by atoms with Crippen molar-refractivity contribution in [1.29, 1.82) is 5.26 Å². The highest BCUT2D eigenvalue weighted by molar-refractivity contribution is 5.98. The van der Waals surface area contributed by atoms with Crippen molar-refractivity contribution in [1.82, 2.24) is 5.32 Å². The predicted octanol–water partition coefficient (Wildman–Crippen LogP) is 4.03. The number of fused-ring (bicyclic) bond motifs is 2. The minimum absolute atomic E-state index is 0.0313. The van der Waals surface area contributed by atoms with Gasteiger partial charge in [0.15, 0.2) is 0 Å². The van der Waals surface area contributed by atoms with Gasteiger partial charge < -0.3 is 20.5 Å². The van der Waals surface area contributed by atoms with Gasteiger partial charge in [-0.25, -0.2) is 0 Å². The van der Waals surface area contributed by atoms with Crippen LogP contribution < -0.4 is 15.4 Å². The molecule has 2 saturated carbocycles. The van der Waals surface area contributed by atoms with E-state index in [-0.39, 0.29) is 30.1 Å². The maximum atomic E-state index is 13.6. The first-order chi connectivity index (χ1) is 17.8. The molecule has 1 aliphatic heterocycles. The van der Waals surface area contributed by atoms with Crippen molar-refractivity contribution in [2.24, 2.45) is 17.8 Å². The van der Waals surface area contributed by atoms with E-state index in [0.29, 0.717) is 60.9 Å². The molecule has 8 nitrogen and oxygen atoms in total. The van der Waals surface area contributed by atoms with Crippen molar-refractivity contribution >= 4 is 23.5 Å². The molecule has 1 heterocycles. The summed E-state index contributed by atoms with van der Waals surface area (Å²) in [6.07, 6.45) is 3.95. The zero-order valence-corrected chi connectivity index (χ0v) is 20.9. The summed E-state index contributed by atoms with van der Waals surface area (Å²) in [4.78, 5) is 37.3. The number of ether oxygens (including phenoxy) is 1. The van der Waals surface area contributed by atoms with Crippen molar-refractivity contribution in [3.05, 3.63) is 58.7 Å². The fourth-order valence-electron chi connectivity index (χ4n) is 5.79. The van der Waals surface area contributed by atoms with Crippen LogP contribution in [0.3, 0.4) is 0 Å². The molecule has 0 aromatic heterocycles. The molecule has 2 aromatic rings. The van der Waals surface area contributed by atoms with Gasteiger partial charge in [-0.15, -0.1) is 0 Å². The predicted molar refractivity (Wildman–Crippen MR) is 136 cm³/mol. The SMILES string of the molecule is C[C@H]1[C@@H](C(=O)Nc2cc(C#N)ccc2CCCC(=O)O)[C@@]12CCOc1ccc(C(=O)NCC3CC3)cc12. The number of aryl methyl sites for hydroxylation is 1. The number of carboxylic acids is 1. The van der Waals surface area contributed by atoms with Gasteiger partial charge in [-0.2, -0.15) is 5.26 Å². The van der Waals surface area contributed by atoms with Gasteiger partial charge in [-0.3, -0.25) is 14.4 Å². The highest BCUT2D eigenvalue weighted by atomic mass is 16.5. The van der Waals surface area contributed by atoms with Crippen molar-refractivity contribution in [2.45, 2.75) is 50.9 Å². The molecular weight excluding hydrogens is 470 g/mol. The average Bonchev–Trinajstić information content (AvgIpc) is 3.81. The molecule has 0 radical (unpaired) electrons. The van der Waals surface area contributed by atoms with E-state index in [0.717, 1.165) is 24.0 Å². The second-order valence-electron chi connectivity index (χ2n) is 10.5. The van der Waals surface area contributed by atoms with Crippen molar-refractivity contribution < 1.29 is 24.2 Å². The molecule has 3 N–H and O–H groups in total. The van der Waals surface area contributed by atoms with Gasteiger partial charge in [0, 0.05) is 35.2 Å². The van der Waals surface area contributed by atoms with Crippen LogP contribution in [-0.4, -0.2) is 36.0 Å². The van der Waals surface area contributed by atoms with Crippen LogP contribution in [0.25, 0.3) is 0 Å². The Morgan fingerprint density at radius 3 is 2.73 bits per heavy atom. The topological polar surface area (TPSA) is 129 Å². The summed E-state index contributed by atoms with van der Waals surface area (Å²) >= 11 is 0. The molecular formula is C29H31N3O5. The second-order valence-corrected chi connectivity index (χ2v) is 10.5. The van der Waals surface area contributed by atoms with Gasteiger partial charge in [-0.05, 0) is 79.8 Å². The zero-order chi connectivity index (χ0) is 26.2. The number of nitriles is 1. The summed E-state index contributed by atoms with van der Waals surface area (Å²) < 4.78 is 5.90. The monoisotopic (exact) mass is 501 g/mol. The highest BCUT2D eigenvalue weighted by Crippen LogP contribution is 2.65. The molecule has 2 fully saturated rings. The molecule has 192 valence electrons. The average molecular weight is 502 g/mol. The van der Waals surface area contributed by atoms with E-state index in [9.17, 15) is 19.6 Å². The molecule has 5 rings (SSSR count). The molecule has 1 spiro atoms. The fraction of sp³-hybridized carbons (Fsp3) is 0.448. The second kappa shape index (κ2) is 9.89. The van der Waals surface area contributed by atoms with Crippen LogP contribution in [0.1, 0.15) is 66.1 Å². The van der Waals surface area contributed by atoms with Crippen LogP contribution in [0.2, 0.25) is 0 Å². The van der Waals surface area contributed by atoms with Gasteiger partial charge >= 0.3 is 5.97 Å². The standard InChI is InChI=1S/C29H31N3O5/c1-17-26(28(36)32-23-13-19(15-30)7-8-20(23)3-2-4-25(33)34)29(17)11-12-37-24-10-9-21(14-22(24)29)27(35)31-16-18-5-6-18/h7-10,13-14,17-18,26H,2-6,11-12,16H2,1H3,(H,31,35)(H,32,36)(H,33,34)/t17-,26-,29-/m0/s1. The van der Waals surface area contributed by atoms with Crippen LogP contribution in [0, 0.1) is 29.1 Å². The van der Waals surface area contributed by atoms with Gasteiger partial charge in [-0.1, -0.05) is 13.0 Å². The lowest BCUT2D eigenvalue weighted by Gasteiger charge is -2.28. The quantitative estimate of drug-likeness (QED) is 0.476. The van der Waals surface area contributed by atoms with E-state index in [1.807, 2.05) is 12.1 Å². The maximum Gasteiger partial charge on any atom is 0.303 e. The van der Waals surface area contributed by atoms with Crippen LogP contribution in [0.4, 0.5) is 5.69 Å². The Labute approximate surface area is 216 Å². The Morgan fingerprint density at radius 1 is 1.19 bits per heavy atom. The lowest BCUT2D eigenvalue weighted by molar-refractivity contribution is -0.137. The van der Waals surface area contributed by atoms with Gasteiger partial charge in [0.05, 0.1) is 24.2 Å². The first kappa shape index (κ1) is 24.8.